The van der Waals surface area contributed by atoms with Crippen molar-refractivity contribution in [1.82, 2.24) is 4.98 Å². The Balaban J connectivity index is 1.71. The molecule has 0 aliphatic heterocycles. The number of anilines is 1. The summed E-state index contributed by atoms with van der Waals surface area (Å²) in [7, 11) is 0. The Hall–Kier alpha value is -3.19. The van der Waals surface area contributed by atoms with E-state index in [0.29, 0.717) is 22.6 Å². The van der Waals surface area contributed by atoms with E-state index in [0.717, 1.165) is 24.1 Å². The molecular weight excluding hydrogens is 379 g/mol. The Morgan fingerprint density at radius 1 is 1.03 bits per heavy atom. The van der Waals surface area contributed by atoms with Gasteiger partial charge in [0.2, 0.25) is 0 Å². The first kappa shape index (κ1) is 19.1. The van der Waals surface area contributed by atoms with Crippen molar-refractivity contribution < 1.29 is 18.0 Å². The van der Waals surface area contributed by atoms with Crippen LogP contribution in [0.5, 0.6) is 0 Å². The second kappa shape index (κ2) is 7.33. The zero-order valence-corrected chi connectivity index (χ0v) is 15.3. The molecule has 1 amide bonds. The SMILES string of the molecule is N[C@@H]1C[C@H]1c1ccc(-c2cccc(C(F)(F)F)c2)nc1NC(=O)c1ccccc1. The van der Waals surface area contributed by atoms with Gasteiger partial charge >= 0.3 is 6.18 Å². The molecule has 29 heavy (non-hydrogen) atoms. The maximum absolute atomic E-state index is 13.1. The fraction of sp³-hybridized carbons (Fsp3) is 0.182. The zero-order chi connectivity index (χ0) is 20.6. The lowest BCUT2D eigenvalue weighted by Crippen LogP contribution is -2.15. The van der Waals surface area contributed by atoms with Gasteiger partial charge in [-0.15, -0.1) is 0 Å². The van der Waals surface area contributed by atoms with Gasteiger partial charge in [-0.1, -0.05) is 36.4 Å². The van der Waals surface area contributed by atoms with E-state index in [-0.39, 0.29) is 17.9 Å². The van der Waals surface area contributed by atoms with Crippen LogP contribution in [0.15, 0.2) is 66.7 Å². The minimum Gasteiger partial charge on any atom is -0.327 e. The van der Waals surface area contributed by atoms with Crippen LogP contribution in [-0.4, -0.2) is 16.9 Å². The molecule has 7 heteroatoms. The van der Waals surface area contributed by atoms with Crippen LogP contribution in [0, 0.1) is 0 Å². The number of aromatic nitrogens is 1. The maximum Gasteiger partial charge on any atom is 0.416 e. The number of nitrogens with two attached hydrogens (primary N) is 1. The molecule has 0 saturated heterocycles. The first-order valence-corrected chi connectivity index (χ1v) is 9.13. The van der Waals surface area contributed by atoms with Crippen molar-refractivity contribution in [1.29, 1.82) is 0 Å². The predicted molar refractivity (Wildman–Crippen MR) is 104 cm³/mol. The Morgan fingerprint density at radius 2 is 1.76 bits per heavy atom. The number of carbonyl (C=O) groups excluding carboxylic acids is 1. The van der Waals surface area contributed by atoms with E-state index in [1.54, 1.807) is 48.5 Å². The lowest BCUT2D eigenvalue weighted by molar-refractivity contribution is -0.137. The number of hydrogen-bond donors (Lipinski definition) is 2. The second-order valence-electron chi connectivity index (χ2n) is 7.04. The van der Waals surface area contributed by atoms with Crippen LogP contribution in [0.2, 0.25) is 0 Å². The Kier molecular flexibility index (Phi) is 4.84. The van der Waals surface area contributed by atoms with Crippen LogP contribution in [0.3, 0.4) is 0 Å². The van der Waals surface area contributed by atoms with Crippen molar-refractivity contribution in [3.63, 3.8) is 0 Å². The standard InChI is InChI=1S/C22H18F3N3O/c23-22(24,25)15-8-4-7-14(11-15)19-10-9-16(17-12-18(17)26)20(27-19)28-21(29)13-5-2-1-3-6-13/h1-11,17-18H,12,26H2,(H,27,28,29)/t17-,18+/m0/s1. The molecule has 3 aromatic rings. The van der Waals surface area contributed by atoms with Crippen molar-refractivity contribution in [2.45, 2.75) is 24.6 Å². The lowest BCUT2D eigenvalue weighted by Gasteiger charge is -2.13. The minimum absolute atomic E-state index is 0.0106. The first-order chi connectivity index (χ1) is 13.8. The van der Waals surface area contributed by atoms with Crippen molar-refractivity contribution >= 4 is 11.7 Å². The number of amides is 1. The molecule has 0 bridgehead atoms. The number of nitrogens with zero attached hydrogens (tertiary/aromatic N) is 1. The number of nitrogens with one attached hydrogen (secondary N) is 1. The molecule has 1 aliphatic carbocycles. The van der Waals surface area contributed by atoms with E-state index >= 15 is 0 Å². The molecule has 0 radical (unpaired) electrons. The van der Waals surface area contributed by atoms with Gasteiger partial charge in [-0.3, -0.25) is 4.79 Å². The van der Waals surface area contributed by atoms with Gasteiger partial charge in [0.1, 0.15) is 5.82 Å². The molecule has 4 nitrogen and oxygen atoms in total. The molecule has 2 aromatic carbocycles. The van der Waals surface area contributed by atoms with Crippen LogP contribution in [-0.2, 0) is 6.18 Å². The predicted octanol–water partition coefficient (Wildman–Crippen LogP) is 4.83. The van der Waals surface area contributed by atoms with Crippen LogP contribution in [0.25, 0.3) is 11.3 Å². The van der Waals surface area contributed by atoms with Gasteiger partial charge < -0.3 is 11.1 Å². The summed E-state index contributed by atoms with van der Waals surface area (Å²) in [6.45, 7) is 0. The zero-order valence-electron chi connectivity index (χ0n) is 15.3. The molecule has 3 N–H and O–H groups in total. The maximum atomic E-state index is 13.1. The van der Waals surface area contributed by atoms with Gasteiger partial charge in [-0.2, -0.15) is 13.2 Å². The molecule has 0 spiro atoms. The van der Waals surface area contributed by atoms with Gasteiger partial charge in [0.05, 0.1) is 11.3 Å². The number of alkyl halides is 3. The summed E-state index contributed by atoms with van der Waals surface area (Å²) in [4.78, 5) is 17.1. The third kappa shape index (κ3) is 4.14. The van der Waals surface area contributed by atoms with Crippen LogP contribution < -0.4 is 11.1 Å². The molecule has 1 heterocycles. The highest BCUT2D eigenvalue weighted by atomic mass is 19.4. The van der Waals surface area contributed by atoms with Gasteiger partial charge in [0, 0.05) is 23.1 Å². The van der Waals surface area contributed by atoms with E-state index in [4.69, 9.17) is 5.73 Å². The highest BCUT2D eigenvalue weighted by Crippen LogP contribution is 2.42. The van der Waals surface area contributed by atoms with E-state index in [9.17, 15) is 18.0 Å². The Labute approximate surface area is 165 Å². The van der Waals surface area contributed by atoms with E-state index in [2.05, 4.69) is 10.3 Å². The highest BCUT2D eigenvalue weighted by molar-refractivity contribution is 6.04. The summed E-state index contributed by atoms with van der Waals surface area (Å²) >= 11 is 0. The lowest BCUT2D eigenvalue weighted by atomic mass is 10.0. The Morgan fingerprint density at radius 3 is 2.41 bits per heavy atom. The molecule has 1 aromatic heterocycles. The van der Waals surface area contributed by atoms with Crippen molar-refractivity contribution in [3.8, 4) is 11.3 Å². The van der Waals surface area contributed by atoms with Gasteiger partial charge in [0.15, 0.2) is 0 Å². The summed E-state index contributed by atoms with van der Waals surface area (Å²) in [5, 5.41) is 2.80. The highest BCUT2D eigenvalue weighted by Gasteiger charge is 2.37. The molecule has 2 atom stereocenters. The molecule has 148 valence electrons. The van der Waals surface area contributed by atoms with Crippen molar-refractivity contribution in [2.24, 2.45) is 5.73 Å². The monoisotopic (exact) mass is 397 g/mol. The van der Waals surface area contributed by atoms with Gasteiger partial charge in [-0.25, -0.2) is 4.98 Å². The summed E-state index contributed by atoms with van der Waals surface area (Å²) in [6.07, 6.45) is -3.67. The number of benzene rings is 2. The van der Waals surface area contributed by atoms with E-state index < -0.39 is 11.7 Å². The largest absolute Gasteiger partial charge is 0.416 e. The number of rotatable bonds is 4. The molecule has 1 saturated carbocycles. The van der Waals surface area contributed by atoms with E-state index in [1.165, 1.54) is 6.07 Å². The average Bonchev–Trinajstić information content (AvgIpc) is 3.44. The summed E-state index contributed by atoms with van der Waals surface area (Å²) in [5.41, 5.74) is 7.13. The number of pyridine rings is 1. The van der Waals surface area contributed by atoms with Crippen molar-refractivity contribution in [3.05, 3.63) is 83.4 Å². The second-order valence-corrected chi connectivity index (χ2v) is 7.04. The van der Waals surface area contributed by atoms with Gasteiger partial charge in [0.25, 0.3) is 5.91 Å². The molecular formula is C22H18F3N3O. The number of halogens is 3. The third-order valence-corrected chi connectivity index (χ3v) is 4.92. The first-order valence-electron chi connectivity index (χ1n) is 9.13. The van der Waals surface area contributed by atoms with Crippen LogP contribution >= 0.6 is 0 Å². The van der Waals surface area contributed by atoms with Crippen LogP contribution in [0.4, 0.5) is 19.0 Å². The molecule has 0 unspecified atom stereocenters. The fourth-order valence-electron chi connectivity index (χ4n) is 3.23. The normalized spacial score (nSPS) is 18.3. The quantitative estimate of drug-likeness (QED) is 0.662. The van der Waals surface area contributed by atoms with Crippen molar-refractivity contribution in [2.75, 3.05) is 5.32 Å². The summed E-state index contributed by atoms with van der Waals surface area (Å²) in [5.74, 6) is 0.0608. The minimum atomic E-state index is -4.44. The smallest absolute Gasteiger partial charge is 0.327 e. The average molecular weight is 397 g/mol. The summed E-state index contributed by atoms with van der Waals surface area (Å²) < 4.78 is 39.2. The number of carbonyl (C=O) groups is 1. The molecule has 1 fully saturated rings. The third-order valence-electron chi connectivity index (χ3n) is 4.92. The Bertz CT molecular complexity index is 1050. The number of hydrogen-bond acceptors (Lipinski definition) is 3. The van der Waals surface area contributed by atoms with Gasteiger partial charge in [-0.05, 0) is 42.3 Å². The fourth-order valence-corrected chi connectivity index (χ4v) is 3.23. The van der Waals surface area contributed by atoms with E-state index in [1.807, 2.05) is 0 Å². The summed E-state index contributed by atoms with van der Waals surface area (Å²) in [6, 6.07) is 17.0. The molecule has 1 aliphatic rings. The molecule has 4 rings (SSSR count). The topological polar surface area (TPSA) is 68.0 Å². The van der Waals surface area contributed by atoms with Crippen LogP contribution in [0.1, 0.15) is 33.8 Å².